The van der Waals surface area contributed by atoms with E-state index in [1.165, 1.54) is 12.8 Å². The largest absolute Gasteiger partial charge is 0.352 e. The Morgan fingerprint density at radius 2 is 2.11 bits per heavy atom. The van der Waals surface area contributed by atoms with Gasteiger partial charge in [0.25, 0.3) is 0 Å². The number of hydrogen-bond acceptors (Lipinski definition) is 2. The summed E-state index contributed by atoms with van der Waals surface area (Å²) in [7, 11) is 0. The normalized spacial score (nSPS) is 20.2. The molecule has 1 aliphatic heterocycles. The molecule has 0 bridgehead atoms. The summed E-state index contributed by atoms with van der Waals surface area (Å²) in [5, 5.41) is 6.46. The molecule has 4 heteroatoms. The Balaban J connectivity index is 1.82. The zero-order valence-corrected chi connectivity index (χ0v) is 12.0. The molecule has 18 heavy (non-hydrogen) atoms. The number of amides is 1. The van der Waals surface area contributed by atoms with Crippen LogP contribution in [0.3, 0.4) is 0 Å². The van der Waals surface area contributed by atoms with Crippen molar-refractivity contribution in [2.75, 3.05) is 13.1 Å². The zero-order chi connectivity index (χ0) is 12.8. The van der Waals surface area contributed by atoms with E-state index in [2.05, 4.69) is 26.6 Å². The number of benzene rings is 1. The monoisotopic (exact) mass is 310 g/mol. The van der Waals surface area contributed by atoms with Crippen molar-refractivity contribution in [3.8, 4) is 0 Å². The molecule has 1 amide bonds. The van der Waals surface area contributed by atoms with Crippen LogP contribution in [-0.2, 0) is 11.2 Å². The molecule has 0 saturated carbocycles. The zero-order valence-electron chi connectivity index (χ0n) is 10.4. The Morgan fingerprint density at radius 1 is 1.33 bits per heavy atom. The van der Waals surface area contributed by atoms with Gasteiger partial charge in [-0.25, -0.2) is 0 Å². The third-order valence-electron chi connectivity index (χ3n) is 3.19. The van der Waals surface area contributed by atoms with E-state index in [0.29, 0.717) is 6.42 Å². The molecule has 1 aromatic rings. The molecule has 1 fully saturated rings. The number of nitrogens with one attached hydrogen (secondary N) is 2. The van der Waals surface area contributed by atoms with E-state index in [1.807, 2.05) is 24.3 Å². The van der Waals surface area contributed by atoms with Gasteiger partial charge in [-0.1, -0.05) is 34.5 Å². The number of hydrogen-bond donors (Lipinski definition) is 2. The van der Waals surface area contributed by atoms with Gasteiger partial charge in [-0.2, -0.15) is 0 Å². The Bertz CT molecular complexity index is 383. The van der Waals surface area contributed by atoms with Crippen LogP contribution < -0.4 is 10.6 Å². The molecule has 1 aromatic carbocycles. The summed E-state index contributed by atoms with van der Waals surface area (Å²) in [6.07, 6.45) is 3.94. The molecule has 0 aromatic heterocycles. The molecule has 0 radical (unpaired) electrons. The van der Waals surface area contributed by atoms with Crippen LogP contribution in [0.15, 0.2) is 28.7 Å². The first-order valence-corrected chi connectivity index (χ1v) is 7.28. The van der Waals surface area contributed by atoms with E-state index in [9.17, 15) is 4.79 Å². The Morgan fingerprint density at radius 3 is 2.89 bits per heavy atom. The van der Waals surface area contributed by atoms with Gasteiger partial charge in [0.05, 0.1) is 6.42 Å². The lowest BCUT2D eigenvalue weighted by molar-refractivity contribution is -0.121. The molecule has 2 rings (SSSR count). The van der Waals surface area contributed by atoms with Crippen LogP contribution in [0.4, 0.5) is 0 Å². The lowest BCUT2D eigenvalue weighted by Gasteiger charge is -2.16. The Kier molecular flexibility index (Phi) is 5.20. The molecule has 1 unspecified atom stereocenters. The molecule has 1 heterocycles. The molecule has 3 nitrogen and oxygen atoms in total. The number of rotatable bonds is 3. The summed E-state index contributed by atoms with van der Waals surface area (Å²) >= 11 is 3.39. The summed E-state index contributed by atoms with van der Waals surface area (Å²) in [5.41, 5.74) is 1.05. The first kappa shape index (κ1) is 13.6. The van der Waals surface area contributed by atoms with E-state index in [4.69, 9.17) is 0 Å². The van der Waals surface area contributed by atoms with Crippen molar-refractivity contribution in [1.82, 2.24) is 10.6 Å². The summed E-state index contributed by atoms with van der Waals surface area (Å²) in [4.78, 5) is 11.9. The van der Waals surface area contributed by atoms with E-state index in [0.717, 1.165) is 29.5 Å². The first-order chi connectivity index (χ1) is 8.74. The second-order valence-electron chi connectivity index (χ2n) is 4.77. The van der Waals surface area contributed by atoms with Gasteiger partial charge >= 0.3 is 0 Å². The van der Waals surface area contributed by atoms with Gasteiger partial charge in [-0.15, -0.1) is 0 Å². The Labute approximate surface area is 116 Å². The highest BCUT2D eigenvalue weighted by Gasteiger charge is 2.14. The number of carbonyl (C=O) groups excluding carboxylic acids is 1. The van der Waals surface area contributed by atoms with E-state index >= 15 is 0 Å². The van der Waals surface area contributed by atoms with Gasteiger partial charge in [0, 0.05) is 17.1 Å². The maximum atomic E-state index is 11.9. The van der Waals surface area contributed by atoms with Gasteiger partial charge in [0.2, 0.25) is 5.91 Å². The Hall–Kier alpha value is -0.870. The van der Waals surface area contributed by atoms with Crippen LogP contribution in [0, 0.1) is 0 Å². The third kappa shape index (κ3) is 4.42. The average Bonchev–Trinajstić information content (AvgIpc) is 2.61. The van der Waals surface area contributed by atoms with Crippen molar-refractivity contribution in [2.45, 2.75) is 31.7 Å². The van der Waals surface area contributed by atoms with Crippen LogP contribution >= 0.6 is 15.9 Å². The minimum atomic E-state index is 0.117. The van der Waals surface area contributed by atoms with Crippen LogP contribution in [0.2, 0.25) is 0 Å². The summed E-state index contributed by atoms with van der Waals surface area (Å²) < 4.78 is 1.04. The van der Waals surface area contributed by atoms with Crippen molar-refractivity contribution < 1.29 is 4.79 Å². The van der Waals surface area contributed by atoms with E-state index < -0.39 is 0 Å². The lowest BCUT2D eigenvalue weighted by atomic mass is 10.1. The highest BCUT2D eigenvalue weighted by molar-refractivity contribution is 9.10. The van der Waals surface area contributed by atoms with Crippen molar-refractivity contribution in [3.63, 3.8) is 0 Å². The number of carbonyl (C=O) groups is 1. The number of halogens is 1. The molecule has 1 saturated heterocycles. The van der Waals surface area contributed by atoms with Gasteiger partial charge in [-0.3, -0.25) is 4.79 Å². The molecule has 0 aliphatic carbocycles. The van der Waals surface area contributed by atoms with Crippen molar-refractivity contribution in [1.29, 1.82) is 0 Å². The van der Waals surface area contributed by atoms with Crippen LogP contribution in [0.1, 0.15) is 24.8 Å². The van der Waals surface area contributed by atoms with Gasteiger partial charge < -0.3 is 10.6 Å². The van der Waals surface area contributed by atoms with Gasteiger partial charge in [0.15, 0.2) is 0 Å². The van der Waals surface area contributed by atoms with Gasteiger partial charge in [-0.05, 0) is 37.1 Å². The van der Waals surface area contributed by atoms with Gasteiger partial charge in [0.1, 0.15) is 0 Å². The van der Waals surface area contributed by atoms with Crippen molar-refractivity contribution >= 4 is 21.8 Å². The van der Waals surface area contributed by atoms with Crippen molar-refractivity contribution in [2.24, 2.45) is 0 Å². The molecule has 98 valence electrons. The quantitative estimate of drug-likeness (QED) is 0.899. The van der Waals surface area contributed by atoms with Crippen molar-refractivity contribution in [3.05, 3.63) is 34.3 Å². The fourth-order valence-corrected chi connectivity index (χ4v) is 2.47. The molecule has 1 atom stereocenters. The highest BCUT2D eigenvalue weighted by Crippen LogP contribution is 2.11. The van der Waals surface area contributed by atoms with E-state index in [-0.39, 0.29) is 11.9 Å². The molecule has 1 aliphatic rings. The minimum Gasteiger partial charge on any atom is -0.352 e. The maximum absolute atomic E-state index is 11.9. The van der Waals surface area contributed by atoms with Crippen LogP contribution in [-0.4, -0.2) is 25.0 Å². The fourth-order valence-electron chi connectivity index (χ4n) is 2.21. The predicted molar refractivity (Wildman–Crippen MR) is 76.5 cm³/mol. The smallest absolute Gasteiger partial charge is 0.224 e. The molecule has 0 spiro atoms. The first-order valence-electron chi connectivity index (χ1n) is 6.48. The van der Waals surface area contributed by atoms with Crippen LogP contribution in [0.25, 0.3) is 0 Å². The topological polar surface area (TPSA) is 41.1 Å². The summed E-state index contributed by atoms with van der Waals surface area (Å²) in [6.45, 7) is 1.96. The standard InChI is InChI=1S/C14H19BrN2O/c15-12-6-4-11(5-7-12)9-14(18)17-13-3-1-2-8-16-10-13/h4-7,13,16H,1-3,8-10H2,(H,17,18). The maximum Gasteiger partial charge on any atom is 0.224 e. The molecule has 2 N–H and O–H groups in total. The average molecular weight is 311 g/mol. The fraction of sp³-hybridized carbons (Fsp3) is 0.500. The summed E-state index contributed by atoms with van der Waals surface area (Å²) in [5.74, 6) is 0.117. The van der Waals surface area contributed by atoms with Crippen LogP contribution in [0.5, 0.6) is 0 Å². The second kappa shape index (κ2) is 6.90. The highest BCUT2D eigenvalue weighted by atomic mass is 79.9. The second-order valence-corrected chi connectivity index (χ2v) is 5.68. The molecular formula is C14H19BrN2O. The predicted octanol–water partition coefficient (Wildman–Crippen LogP) is 2.25. The minimum absolute atomic E-state index is 0.117. The van der Waals surface area contributed by atoms with E-state index in [1.54, 1.807) is 0 Å². The SMILES string of the molecule is O=C(Cc1ccc(Br)cc1)NC1CCCCNC1. The summed E-state index contributed by atoms with van der Waals surface area (Å²) in [6, 6.07) is 8.19. The third-order valence-corrected chi connectivity index (χ3v) is 3.72. The lowest BCUT2D eigenvalue weighted by Crippen LogP contribution is -2.41. The molecular weight excluding hydrogens is 292 g/mol.